The summed E-state index contributed by atoms with van der Waals surface area (Å²) in [6.07, 6.45) is 7.30. The van der Waals surface area contributed by atoms with E-state index in [2.05, 4.69) is 4.98 Å². The molecule has 0 radical (unpaired) electrons. The zero-order valence-electron chi connectivity index (χ0n) is 11.2. The lowest BCUT2D eigenvalue weighted by Gasteiger charge is -2.25. The Morgan fingerprint density at radius 1 is 1.58 bits per heavy atom. The topological polar surface area (TPSA) is 62.7 Å². The Morgan fingerprint density at radius 3 is 3.11 bits per heavy atom. The zero-order chi connectivity index (χ0) is 13.7. The minimum Gasteiger partial charge on any atom is -0.505 e. The number of nitrogens with zero attached hydrogens (tertiary/aromatic N) is 2. The van der Waals surface area contributed by atoms with Crippen LogP contribution in [-0.2, 0) is 4.74 Å². The molecule has 104 valence electrons. The van der Waals surface area contributed by atoms with Crippen LogP contribution in [0.5, 0.6) is 5.75 Å². The number of aromatic hydroxyl groups is 1. The Bertz CT molecular complexity index is 430. The highest BCUT2D eigenvalue weighted by atomic mass is 16.5. The largest absolute Gasteiger partial charge is 0.505 e. The summed E-state index contributed by atoms with van der Waals surface area (Å²) >= 11 is 0. The molecule has 19 heavy (non-hydrogen) atoms. The molecule has 1 atom stereocenters. The molecule has 0 aliphatic carbocycles. The van der Waals surface area contributed by atoms with E-state index in [0.717, 1.165) is 25.9 Å². The normalized spacial score (nSPS) is 19.1. The van der Waals surface area contributed by atoms with Crippen molar-refractivity contribution in [3.05, 3.63) is 24.0 Å². The highest BCUT2D eigenvalue weighted by Gasteiger charge is 2.18. The number of amides is 1. The van der Waals surface area contributed by atoms with Crippen molar-refractivity contribution < 1.29 is 14.6 Å². The van der Waals surface area contributed by atoms with E-state index >= 15 is 0 Å². The zero-order valence-corrected chi connectivity index (χ0v) is 11.2. The van der Waals surface area contributed by atoms with Gasteiger partial charge in [-0.3, -0.25) is 9.78 Å². The van der Waals surface area contributed by atoms with Crippen LogP contribution in [0, 0.1) is 0 Å². The molecule has 0 bridgehead atoms. The van der Waals surface area contributed by atoms with Crippen LogP contribution in [-0.4, -0.2) is 47.2 Å². The van der Waals surface area contributed by atoms with Crippen LogP contribution >= 0.6 is 0 Å². The fraction of sp³-hybridized carbons (Fsp3) is 0.571. The van der Waals surface area contributed by atoms with Crippen LogP contribution < -0.4 is 0 Å². The van der Waals surface area contributed by atoms with E-state index in [9.17, 15) is 9.90 Å². The van der Waals surface area contributed by atoms with E-state index < -0.39 is 0 Å². The van der Waals surface area contributed by atoms with Gasteiger partial charge >= 0.3 is 0 Å². The molecule has 1 saturated heterocycles. The van der Waals surface area contributed by atoms with E-state index in [-0.39, 0.29) is 17.8 Å². The fourth-order valence-corrected chi connectivity index (χ4v) is 2.25. The number of hydrogen-bond acceptors (Lipinski definition) is 4. The van der Waals surface area contributed by atoms with Crippen molar-refractivity contribution in [2.24, 2.45) is 0 Å². The predicted octanol–water partition coefficient (Wildman–Crippen LogP) is 1.82. The van der Waals surface area contributed by atoms with E-state index in [4.69, 9.17) is 4.74 Å². The Labute approximate surface area is 113 Å². The molecule has 1 amide bonds. The molecule has 1 aromatic rings. The molecule has 2 heterocycles. The van der Waals surface area contributed by atoms with E-state index in [1.54, 1.807) is 11.9 Å². The number of aromatic nitrogens is 1. The van der Waals surface area contributed by atoms with Gasteiger partial charge in [-0.2, -0.15) is 0 Å². The minimum absolute atomic E-state index is 0.0757. The second kappa shape index (κ2) is 6.52. The average Bonchev–Trinajstić information content (AvgIpc) is 2.45. The third-order valence-corrected chi connectivity index (χ3v) is 3.44. The lowest BCUT2D eigenvalue weighted by atomic mass is 10.1. The summed E-state index contributed by atoms with van der Waals surface area (Å²) in [7, 11) is 1.74. The van der Waals surface area contributed by atoms with Crippen molar-refractivity contribution >= 4 is 5.91 Å². The molecule has 5 heteroatoms. The number of pyridine rings is 1. The monoisotopic (exact) mass is 264 g/mol. The van der Waals surface area contributed by atoms with Crippen LogP contribution in [0.4, 0.5) is 0 Å². The summed E-state index contributed by atoms with van der Waals surface area (Å²) in [5.74, 6) is -0.260. The summed E-state index contributed by atoms with van der Waals surface area (Å²) in [6, 6.07) is 1.53. The first-order chi connectivity index (χ1) is 9.18. The highest BCUT2D eigenvalue weighted by Crippen LogP contribution is 2.18. The van der Waals surface area contributed by atoms with Gasteiger partial charge in [-0.1, -0.05) is 0 Å². The molecule has 2 rings (SSSR count). The smallest absolute Gasteiger partial charge is 0.257 e. The van der Waals surface area contributed by atoms with Gasteiger partial charge in [-0.15, -0.1) is 0 Å². The number of carbonyl (C=O) groups excluding carboxylic acids is 1. The second-order valence-electron chi connectivity index (χ2n) is 4.90. The third kappa shape index (κ3) is 3.67. The second-order valence-corrected chi connectivity index (χ2v) is 4.90. The van der Waals surface area contributed by atoms with Gasteiger partial charge in [0.05, 0.1) is 17.9 Å². The molecule has 1 N–H and O–H groups in total. The summed E-state index contributed by atoms with van der Waals surface area (Å²) in [4.78, 5) is 17.5. The lowest BCUT2D eigenvalue weighted by molar-refractivity contribution is 0.00708. The van der Waals surface area contributed by atoms with Crippen molar-refractivity contribution in [3.63, 3.8) is 0 Å². The maximum atomic E-state index is 12.1. The fourth-order valence-electron chi connectivity index (χ4n) is 2.25. The molecule has 0 saturated carbocycles. The van der Waals surface area contributed by atoms with Gasteiger partial charge in [0.25, 0.3) is 5.91 Å². The molecular weight excluding hydrogens is 244 g/mol. The molecule has 0 unspecified atom stereocenters. The maximum absolute atomic E-state index is 12.1. The van der Waals surface area contributed by atoms with Crippen molar-refractivity contribution in [2.45, 2.75) is 31.8 Å². The van der Waals surface area contributed by atoms with E-state index in [1.165, 1.54) is 24.9 Å². The van der Waals surface area contributed by atoms with Crippen LogP contribution in [0.25, 0.3) is 0 Å². The van der Waals surface area contributed by atoms with Crippen LogP contribution in [0.15, 0.2) is 18.5 Å². The predicted molar refractivity (Wildman–Crippen MR) is 71.1 cm³/mol. The summed E-state index contributed by atoms with van der Waals surface area (Å²) in [5.41, 5.74) is 0.294. The Balaban J connectivity index is 1.87. The minimum atomic E-state index is -0.185. The Morgan fingerprint density at radius 2 is 2.42 bits per heavy atom. The first-order valence-corrected chi connectivity index (χ1v) is 6.68. The van der Waals surface area contributed by atoms with E-state index in [0.29, 0.717) is 12.1 Å². The van der Waals surface area contributed by atoms with Gasteiger partial charge in [0.1, 0.15) is 5.75 Å². The molecule has 1 aromatic heterocycles. The summed E-state index contributed by atoms with van der Waals surface area (Å²) in [5, 5.41) is 9.61. The van der Waals surface area contributed by atoms with Gasteiger partial charge in [0, 0.05) is 26.4 Å². The van der Waals surface area contributed by atoms with Crippen molar-refractivity contribution in [1.29, 1.82) is 0 Å². The maximum Gasteiger partial charge on any atom is 0.257 e. The molecule has 1 fully saturated rings. The van der Waals surface area contributed by atoms with Gasteiger partial charge < -0.3 is 14.7 Å². The first kappa shape index (κ1) is 13.8. The highest BCUT2D eigenvalue weighted by molar-refractivity contribution is 5.96. The van der Waals surface area contributed by atoms with Gasteiger partial charge in [0.2, 0.25) is 0 Å². The molecule has 1 aliphatic heterocycles. The van der Waals surface area contributed by atoms with Gasteiger partial charge in [-0.05, 0) is 31.7 Å². The average molecular weight is 264 g/mol. The van der Waals surface area contributed by atoms with E-state index in [1.807, 2.05) is 0 Å². The SMILES string of the molecule is CN(CC[C@H]1CCCCO1)C(=O)c1ccncc1O. The van der Waals surface area contributed by atoms with Gasteiger partial charge in [0.15, 0.2) is 0 Å². The van der Waals surface area contributed by atoms with Crippen molar-refractivity contribution in [3.8, 4) is 5.75 Å². The number of carbonyl (C=O) groups is 1. The van der Waals surface area contributed by atoms with Crippen molar-refractivity contribution in [1.82, 2.24) is 9.88 Å². The summed E-state index contributed by atoms with van der Waals surface area (Å²) in [6.45, 7) is 1.46. The number of ether oxygens (including phenoxy) is 1. The van der Waals surface area contributed by atoms with Crippen LogP contribution in [0.1, 0.15) is 36.0 Å². The Hall–Kier alpha value is -1.62. The molecule has 5 nitrogen and oxygen atoms in total. The van der Waals surface area contributed by atoms with Crippen LogP contribution in [0.2, 0.25) is 0 Å². The summed E-state index contributed by atoms with van der Waals surface area (Å²) < 4.78 is 5.64. The number of rotatable bonds is 4. The molecule has 0 spiro atoms. The standard InChI is InChI=1S/C14H20N2O3/c1-16(8-6-11-4-2-3-9-19-11)14(18)12-5-7-15-10-13(12)17/h5,7,10-11,17H,2-4,6,8-9H2,1H3/t11-/m1/s1. The molecule has 1 aliphatic rings. The molecular formula is C14H20N2O3. The quantitative estimate of drug-likeness (QED) is 0.901. The molecule has 0 aromatic carbocycles. The van der Waals surface area contributed by atoms with Crippen molar-refractivity contribution in [2.75, 3.05) is 20.2 Å². The lowest BCUT2D eigenvalue weighted by Crippen LogP contribution is -2.31. The third-order valence-electron chi connectivity index (χ3n) is 3.44. The Kier molecular flexibility index (Phi) is 4.74. The number of hydrogen-bond donors (Lipinski definition) is 1. The first-order valence-electron chi connectivity index (χ1n) is 6.68. The van der Waals surface area contributed by atoms with Gasteiger partial charge in [-0.25, -0.2) is 0 Å². The van der Waals surface area contributed by atoms with Crippen LogP contribution in [0.3, 0.4) is 0 Å².